The number of benzene rings is 1. The lowest BCUT2D eigenvalue weighted by Crippen LogP contribution is -2.26. The Hall–Kier alpha value is -1.82. The van der Waals surface area contributed by atoms with Crippen molar-refractivity contribution in [1.29, 1.82) is 0 Å². The summed E-state index contributed by atoms with van der Waals surface area (Å²) in [6.07, 6.45) is 0.357. The molecular weight excluding hydrogens is 288 g/mol. The first kappa shape index (κ1) is 15.6. The monoisotopic (exact) mass is 306 g/mol. The number of carbonyl (C=O) groups excluding carboxylic acids is 3. The van der Waals surface area contributed by atoms with Crippen molar-refractivity contribution in [2.75, 3.05) is 25.5 Å². The van der Waals surface area contributed by atoms with Crippen LogP contribution in [0.25, 0.3) is 0 Å². The van der Waals surface area contributed by atoms with Crippen LogP contribution in [-0.4, -0.2) is 47.7 Å². The minimum atomic E-state index is -0.0989. The Morgan fingerprint density at radius 3 is 2.67 bits per heavy atom. The first-order valence-corrected chi connectivity index (χ1v) is 7.55. The molecule has 0 radical (unpaired) electrons. The summed E-state index contributed by atoms with van der Waals surface area (Å²) >= 11 is 1.20. The molecule has 0 bridgehead atoms. The maximum absolute atomic E-state index is 12.1. The fraction of sp³-hybridized carbons (Fsp3) is 0.400. The van der Waals surface area contributed by atoms with Gasteiger partial charge in [-0.3, -0.25) is 14.4 Å². The second-order valence-corrected chi connectivity index (χ2v) is 6.67. The lowest BCUT2D eigenvalue weighted by Gasteiger charge is -2.18. The zero-order chi connectivity index (χ0) is 15.6. The molecule has 1 unspecified atom stereocenters. The molecule has 1 saturated heterocycles. The number of anilines is 1. The van der Waals surface area contributed by atoms with Gasteiger partial charge in [-0.1, -0.05) is 17.8 Å². The number of rotatable bonds is 3. The molecule has 0 spiro atoms. The van der Waals surface area contributed by atoms with Crippen molar-refractivity contribution in [3.8, 4) is 0 Å². The highest BCUT2D eigenvalue weighted by atomic mass is 32.2. The van der Waals surface area contributed by atoms with E-state index in [1.807, 2.05) is 6.07 Å². The molecule has 5 nitrogen and oxygen atoms in total. The van der Waals surface area contributed by atoms with E-state index in [1.165, 1.54) is 23.6 Å². The molecule has 0 saturated carbocycles. The van der Waals surface area contributed by atoms with E-state index >= 15 is 0 Å². The van der Waals surface area contributed by atoms with Gasteiger partial charge >= 0.3 is 0 Å². The molecule has 21 heavy (non-hydrogen) atoms. The number of amides is 2. The maximum atomic E-state index is 12.1. The Morgan fingerprint density at radius 1 is 1.33 bits per heavy atom. The molecular formula is C15H18N2O3S. The first-order chi connectivity index (χ1) is 9.88. The number of nitrogens with zero attached hydrogens (tertiary/aromatic N) is 2. The summed E-state index contributed by atoms with van der Waals surface area (Å²) < 4.78 is 0. The normalized spacial score (nSPS) is 18.0. The third-order valence-corrected chi connectivity index (χ3v) is 4.21. The summed E-state index contributed by atoms with van der Waals surface area (Å²) in [5.74, 6) is -0.110. The smallest absolute Gasteiger partial charge is 0.253 e. The van der Waals surface area contributed by atoms with Crippen molar-refractivity contribution in [2.24, 2.45) is 0 Å². The molecule has 1 fully saturated rings. The van der Waals surface area contributed by atoms with E-state index in [0.717, 1.165) is 0 Å². The van der Waals surface area contributed by atoms with Gasteiger partial charge in [0, 0.05) is 50.5 Å². The Balaban J connectivity index is 2.19. The average Bonchev–Trinajstić information content (AvgIpc) is 2.77. The third kappa shape index (κ3) is 3.64. The lowest BCUT2D eigenvalue weighted by atomic mass is 10.1. The predicted molar refractivity (Wildman–Crippen MR) is 83.5 cm³/mol. The summed E-state index contributed by atoms with van der Waals surface area (Å²) in [7, 11) is 3.38. The molecule has 2 amide bonds. The number of hydrogen-bond donors (Lipinski definition) is 0. The second-order valence-electron chi connectivity index (χ2n) is 5.19. The van der Waals surface area contributed by atoms with E-state index in [9.17, 15) is 14.4 Å². The zero-order valence-corrected chi connectivity index (χ0v) is 13.1. The molecule has 0 N–H and O–H groups in total. The second kappa shape index (κ2) is 6.30. The van der Waals surface area contributed by atoms with E-state index < -0.39 is 0 Å². The van der Waals surface area contributed by atoms with Gasteiger partial charge in [0.1, 0.15) is 0 Å². The van der Waals surface area contributed by atoms with Gasteiger partial charge in [0.05, 0.1) is 0 Å². The van der Waals surface area contributed by atoms with E-state index in [1.54, 1.807) is 37.2 Å². The Labute approximate surface area is 128 Å². The lowest BCUT2D eigenvalue weighted by molar-refractivity contribution is -0.117. The molecule has 112 valence electrons. The highest BCUT2D eigenvalue weighted by Gasteiger charge is 2.32. The van der Waals surface area contributed by atoms with Crippen LogP contribution >= 0.6 is 11.8 Å². The molecule has 1 aliphatic rings. The van der Waals surface area contributed by atoms with Gasteiger partial charge in [-0.15, -0.1) is 0 Å². The molecule has 1 aromatic carbocycles. The topological polar surface area (TPSA) is 57.7 Å². The molecule has 1 atom stereocenters. The molecule has 6 heteroatoms. The van der Waals surface area contributed by atoms with Crippen molar-refractivity contribution in [2.45, 2.75) is 18.6 Å². The van der Waals surface area contributed by atoms with E-state index in [2.05, 4.69) is 0 Å². The van der Waals surface area contributed by atoms with Gasteiger partial charge in [0.15, 0.2) is 5.12 Å². The van der Waals surface area contributed by atoms with Crippen LogP contribution in [0, 0.1) is 0 Å². The van der Waals surface area contributed by atoms with Crippen molar-refractivity contribution in [3.63, 3.8) is 0 Å². The number of carbonyl (C=O) groups is 3. The van der Waals surface area contributed by atoms with E-state index in [-0.39, 0.29) is 22.2 Å². The van der Waals surface area contributed by atoms with Crippen LogP contribution in [0.4, 0.5) is 5.69 Å². The zero-order valence-electron chi connectivity index (χ0n) is 12.3. The SMILES string of the molecule is CC(=O)SC1CC(=O)N(c2cccc(C(=O)N(C)C)c2)C1. The molecule has 1 heterocycles. The summed E-state index contributed by atoms with van der Waals surface area (Å²) in [5, 5.41) is 0.00870. The van der Waals surface area contributed by atoms with Crippen LogP contribution in [0.15, 0.2) is 24.3 Å². The third-order valence-electron chi connectivity index (χ3n) is 3.23. The minimum Gasteiger partial charge on any atom is -0.345 e. The Bertz CT molecular complexity index is 586. The van der Waals surface area contributed by atoms with Crippen LogP contribution in [0.5, 0.6) is 0 Å². The maximum Gasteiger partial charge on any atom is 0.253 e. The average molecular weight is 306 g/mol. The van der Waals surface area contributed by atoms with Gasteiger partial charge < -0.3 is 9.80 Å². The Morgan fingerprint density at radius 2 is 2.05 bits per heavy atom. The molecule has 1 aromatic rings. The first-order valence-electron chi connectivity index (χ1n) is 6.68. The standard InChI is InChI=1S/C15H18N2O3S/c1-10(18)21-13-8-14(19)17(9-13)12-6-4-5-11(7-12)15(20)16(2)3/h4-7,13H,8-9H2,1-3H3. The van der Waals surface area contributed by atoms with E-state index in [0.29, 0.717) is 24.2 Å². The minimum absolute atomic E-state index is 0.0109. The molecule has 0 aliphatic carbocycles. The van der Waals surface area contributed by atoms with Crippen LogP contribution in [0.2, 0.25) is 0 Å². The van der Waals surface area contributed by atoms with Crippen LogP contribution in [0.1, 0.15) is 23.7 Å². The summed E-state index contributed by atoms with van der Waals surface area (Å²) in [4.78, 5) is 38.4. The van der Waals surface area contributed by atoms with Crippen molar-refractivity contribution in [1.82, 2.24) is 4.90 Å². The summed E-state index contributed by atoms with van der Waals surface area (Å²) in [6.45, 7) is 2.01. The highest BCUT2D eigenvalue weighted by Crippen LogP contribution is 2.29. The molecule has 1 aliphatic heterocycles. The number of thioether (sulfide) groups is 1. The summed E-state index contributed by atoms with van der Waals surface area (Å²) in [6, 6.07) is 7.03. The van der Waals surface area contributed by atoms with Gasteiger partial charge in [0.25, 0.3) is 5.91 Å². The van der Waals surface area contributed by atoms with Crippen LogP contribution < -0.4 is 4.90 Å². The van der Waals surface area contributed by atoms with Crippen molar-refractivity contribution < 1.29 is 14.4 Å². The fourth-order valence-electron chi connectivity index (χ4n) is 2.30. The van der Waals surface area contributed by atoms with Gasteiger partial charge in [-0.25, -0.2) is 0 Å². The van der Waals surface area contributed by atoms with Gasteiger partial charge in [-0.05, 0) is 18.2 Å². The van der Waals surface area contributed by atoms with Gasteiger partial charge in [0.2, 0.25) is 5.91 Å². The van der Waals surface area contributed by atoms with Gasteiger partial charge in [-0.2, -0.15) is 0 Å². The quantitative estimate of drug-likeness (QED) is 0.854. The van der Waals surface area contributed by atoms with Crippen molar-refractivity contribution >= 4 is 34.4 Å². The highest BCUT2D eigenvalue weighted by molar-refractivity contribution is 8.14. The number of hydrogen-bond acceptors (Lipinski definition) is 4. The molecule has 0 aromatic heterocycles. The predicted octanol–water partition coefficient (Wildman–Crippen LogP) is 1.77. The largest absolute Gasteiger partial charge is 0.345 e. The summed E-state index contributed by atoms with van der Waals surface area (Å²) in [5.41, 5.74) is 1.26. The van der Waals surface area contributed by atoms with Crippen molar-refractivity contribution in [3.05, 3.63) is 29.8 Å². The fourth-order valence-corrected chi connectivity index (χ4v) is 3.22. The van der Waals surface area contributed by atoms with Crippen LogP contribution in [0.3, 0.4) is 0 Å². The van der Waals surface area contributed by atoms with Crippen LogP contribution in [-0.2, 0) is 9.59 Å². The molecule has 2 rings (SSSR count). The Kier molecular flexibility index (Phi) is 4.67. The van der Waals surface area contributed by atoms with E-state index in [4.69, 9.17) is 0 Å².